The molecule has 1 aliphatic rings. The quantitative estimate of drug-likeness (QED) is 0.763. The minimum absolute atomic E-state index is 0.134. The van der Waals surface area contributed by atoms with Crippen molar-refractivity contribution >= 4 is 5.91 Å². The smallest absolute Gasteiger partial charge is 0.237 e. The van der Waals surface area contributed by atoms with Gasteiger partial charge in [-0.2, -0.15) is 0 Å². The third-order valence-electron chi connectivity index (χ3n) is 2.94. The van der Waals surface area contributed by atoms with E-state index in [0.29, 0.717) is 6.61 Å². The van der Waals surface area contributed by atoms with Crippen molar-refractivity contribution in [3.05, 3.63) is 24.0 Å². The number of hydrogen-bond donors (Lipinski definition) is 2. The topological polar surface area (TPSA) is 71.3 Å². The number of rotatable bonds is 3. The highest BCUT2D eigenvalue weighted by atomic mass is 16.5. The predicted octanol–water partition coefficient (Wildman–Crippen LogP) is 0.0893. The standard InChI is InChI=1S/C11H17N3O2/c1-8-10(11(12)15)14(4-5-16-8)7-9-2-3-13-6-9/h2-3,6,8,10,13H,4-5,7H2,1H3,(H2,12,15)/t8-,10+/m1/s1. The molecule has 0 saturated carbocycles. The molecule has 1 aromatic rings. The maximum Gasteiger partial charge on any atom is 0.237 e. The molecule has 2 rings (SSSR count). The second-order valence-electron chi connectivity index (χ2n) is 4.11. The fourth-order valence-corrected chi connectivity index (χ4v) is 2.16. The van der Waals surface area contributed by atoms with Crippen molar-refractivity contribution in [3.63, 3.8) is 0 Å². The molecule has 1 fully saturated rings. The summed E-state index contributed by atoms with van der Waals surface area (Å²) < 4.78 is 5.45. The summed E-state index contributed by atoms with van der Waals surface area (Å²) in [5.41, 5.74) is 6.56. The molecule has 1 aromatic heterocycles. The molecule has 0 bridgehead atoms. The first-order valence-electron chi connectivity index (χ1n) is 5.45. The maximum atomic E-state index is 11.4. The Morgan fingerprint density at radius 3 is 3.19 bits per heavy atom. The predicted molar refractivity (Wildman–Crippen MR) is 59.6 cm³/mol. The van der Waals surface area contributed by atoms with Crippen LogP contribution in [0.2, 0.25) is 0 Å². The number of carbonyl (C=O) groups excluding carboxylic acids is 1. The summed E-state index contributed by atoms with van der Waals surface area (Å²) in [5, 5.41) is 0. The molecule has 2 heterocycles. The number of nitrogens with two attached hydrogens (primary N) is 1. The second-order valence-corrected chi connectivity index (χ2v) is 4.11. The van der Waals surface area contributed by atoms with E-state index in [1.165, 1.54) is 0 Å². The van der Waals surface area contributed by atoms with E-state index in [-0.39, 0.29) is 18.1 Å². The van der Waals surface area contributed by atoms with E-state index in [2.05, 4.69) is 9.88 Å². The fraction of sp³-hybridized carbons (Fsp3) is 0.545. The van der Waals surface area contributed by atoms with Crippen LogP contribution in [0.15, 0.2) is 18.5 Å². The van der Waals surface area contributed by atoms with Crippen molar-refractivity contribution in [3.8, 4) is 0 Å². The van der Waals surface area contributed by atoms with Gasteiger partial charge in [-0.15, -0.1) is 0 Å². The number of amides is 1. The van der Waals surface area contributed by atoms with Crippen molar-refractivity contribution in [1.82, 2.24) is 9.88 Å². The molecule has 0 radical (unpaired) electrons. The lowest BCUT2D eigenvalue weighted by Crippen LogP contribution is -2.55. The number of H-pyrrole nitrogens is 1. The second kappa shape index (κ2) is 4.67. The van der Waals surface area contributed by atoms with Gasteiger partial charge in [0.1, 0.15) is 6.04 Å². The molecule has 16 heavy (non-hydrogen) atoms. The lowest BCUT2D eigenvalue weighted by atomic mass is 10.1. The Hall–Kier alpha value is -1.33. The minimum Gasteiger partial charge on any atom is -0.375 e. The molecule has 0 unspecified atom stereocenters. The number of aromatic nitrogens is 1. The fourth-order valence-electron chi connectivity index (χ4n) is 2.16. The van der Waals surface area contributed by atoms with E-state index in [1.54, 1.807) is 0 Å². The third-order valence-corrected chi connectivity index (χ3v) is 2.94. The van der Waals surface area contributed by atoms with Crippen LogP contribution in [-0.4, -0.2) is 41.1 Å². The van der Waals surface area contributed by atoms with Crippen molar-refractivity contribution in [2.24, 2.45) is 5.73 Å². The Balaban J connectivity index is 2.08. The molecule has 0 aliphatic carbocycles. The summed E-state index contributed by atoms with van der Waals surface area (Å²) in [6.07, 6.45) is 3.67. The highest BCUT2D eigenvalue weighted by Crippen LogP contribution is 2.16. The van der Waals surface area contributed by atoms with Gasteiger partial charge in [0.25, 0.3) is 0 Å². The molecular weight excluding hydrogens is 206 g/mol. The maximum absolute atomic E-state index is 11.4. The molecule has 3 N–H and O–H groups in total. The SMILES string of the molecule is C[C@H]1OCCN(Cc2cc[nH]c2)[C@@H]1C(N)=O. The summed E-state index contributed by atoms with van der Waals surface area (Å²) in [6.45, 7) is 4.00. The lowest BCUT2D eigenvalue weighted by molar-refractivity contribution is -0.136. The summed E-state index contributed by atoms with van der Waals surface area (Å²) in [4.78, 5) is 16.5. The van der Waals surface area contributed by atoms with Crippen LogP contribution in [0, 0.1) is 0 Å². The van der Waals surface area contributed by atoms with Gasteiger partial charge < -0.3 is 15.5 Å². The largest absolute Gasteiger partial charge is 0.375 e. The molecule has 5 heteroatoms. The average molecular weight is 223 g/mol. The van der Waals surface area contributed by atoms with Crippen LogP contribution in [-0.2, 0) is 16.1 Å². The Bertz CT molecular complexity index is 350. The number of hydrogen-bond acceptors (Lipinski definition) is 3. The van der Waals surface area contributed by atoms with E-state index in [1.807, 2.05) is 25.4 Å². The van der Waals surface area contributed by atoms with Crippen LogP contribution in [0.4, 0.5) is 0 Å². The van der Waals surface area contributed by atoms with E-state index in [4.69, 9.17) is 10.5 Å². The van der Waals surface area contributed by atoms with E-state index in [0.717, 1.165) is 18.7 Å². The van der Waals surface area contributed by atoms with Gasteiger partial charge in [-0.05, 0) is 18.6 Å². The highest BCUT2D eigenvalue weighted by Gasteiger charge is 2.33. The van der Waals surface area contributed by atoms with Gasteiger partial charge in [-0.25, -0.2) is 0 Å². The molecular formula is C11H17N3O2. The molecule has 88 valence electrons. The zero-order valence-corrected chi connectivity index (χ0v) is 9.35. The number of nitrogens with one attached hydrogen (secondary N) is 1. The van der Waals surface area contributed by atoms with E-state index >= 15 is 0 Å². The van der Waals surface area contributed by atoms with Crippen molar-refractivity contribution in [2.75, 3.05) is 13.2 Å². The number of primary amides is 1. The van der Waals surface area contributed by atoms with E-state index < -0.39 is 0 Å². The normalized spacial score (nSPS) is 26.8. The molecule has 2 atom stereocenters. The van der Waals surface area contributed by atoms with Crippen LogP contribution < -0.4 is 5.73 Å². The first-order chi connectivity index (χ1) is 7.68. The Morgan fingerprint density at radius 2 is 2.56 bits per heavy atom. The number of carbonyl (C=O) groups is 1. The lowest BCUT2D eigenvalue weighted by Gasteiger charge is -2.37. The van der Waals surface area contributed by atoms with Gasteiger partial charge >= 0.3 is 0 Å². The highest BCUT2D eigenvalue weighted by molar-refractivity contribution is 5.80. The molecule has 0 aromatic carbocycles. The summed E-state index contributed by atoms with van der Waals surface area (Å²) >= 11 is 0. The van der Waals surface area contributed by atoms with Crippen LogP contribution in [0.5, 0.6) is 0 Å². The zero-order chi connectivity index (χ0) is 11.5. The summed E-state index contributed by atoms with van der Waals surface area (Å²) in [6, 6.07) is 1.67. The first kappa shape index (κ1) is 11.2. The van der Waals surface area contributed by atoms with Crippen LogP contribution >= 0.6 is 0 Å². The minimum atomic E-state index is -0.330. The molecule has 0 spiro atoms. The van der Waals surface area contributed by atoms with Crippen LogP contribution in [0.3, 0.4) is 0 Å². The molecule has 1 saturated heterocycles. The Labute approximate surface area is 94.6 Å². The van der Waals surface area contributed by atoms with E-state index in [9.17, 15) is 4.79 Å². The Morgan fingerprint density at radius 1 is 1.75 bits per heavy atom. The summed E-state index contributed by atoms with van der Waals surface area (Å²) in [7, 11) is 0. The van der Waals surface area contributed by atoms with Gasteiger partial charge in [0.15, 0.2) is 0 Å². The van der Waals surface area contributed by atoms with Crippen molar-refractivity contribution < 1.29 is 9.53 Å². The van der Waals surface area contributed by atoms with Crippen molar-refractivity contribution in [2.45, 2.75) is 25.6 Å². The monoisotopic (exact) mass is 223 g/mol. The number of ether oxygens (including phenoxy) is 1. The number of nitrogens with zero attached hydrogens (tertiary/aromatic N) is 1. The zero-order valence-electron chi connectivity index (χ0n) is 9.35. The molecule has 1 amide bonds. The van der Waals surface area contributed by atoms with Gasteiger partial charge in [0.2, 0.25) is 5.91 Å². The third kappa shape index (κ3) is 2.25. The van der Waals surface area contributed by atoms with Gasteiger partial charge in [-0.1, -0.05) is 0 Å². The van der Waals surface area contributed by atoms with Gasteiger partial charge in [0.05, 0.1) is 12.7 Å². The number of aromatic amines is 1. The van der Waals surface area contributed by atoms with Crippen LogP contribution in [0.1, 0.15) is 12.5 Å². The van der Waals surface area contributed by atoms with Crippen LogP contribution in [0.25, 0.3) is 0 Å². The van der Waals surface area contributed by atoms with Crippen molar-refractivity contribution in [1.29, 1.82) is 0 Å². The summed E-state index contributed by atoms with van der Waals surface area (Å²) in [5.74, 6) is -0.317. The number of morpholine rings is 1. The molecule has 5 nitrogen and oxygen atoms in total. The average Bonchev–Trinajstić information content (AvgIpc) is 2.70. The molecule has 1 aliphatic heterocycles. The van der Waals surface area contributed by atoms with Gasteiger partial charge in [0, 0.05) is 25.5 Å². The first-order valence-corrected chi connectivity index (χ1v) is 5.45. The van der Waals surface area contributed by atoms with Gasteiger partial charge in [-0.3, -0.25) is 9.69 Å². The Kier molecular flexibility index (Phi) is 3.26.